The van der Waals surface area contributed by atoms with Crippen LogP contribution in [0.1, 0.15) is 40.0 Å². The second kappa shape index (κ2) is 9.20. The third-order valence-corrected chi connectivity index (χ3v) is 3.12. The number of nitrogens with one attached hydrogen (secondary N) is 1. The molecule has 23 heavy (non-hydrogen) atoms. The fourth-order valence-electron chi connectivity index (χ4n) is 1.92. The largest absolute Gasteiger partial charge is 0.467 e. The smallest absolute Gasteiger partial charge is 0.337 e. The monoisotopic (exact) mass is 318 g/mol. The molecule has 0 bridgehead atoms. The lowest BCUT2D eigenvalue weighted by atomic mass is 10.1. The Morgan fingerprint density at radius 3 is 2.52 bits per heavy atom. The minimum absolute atomic E-state index is 0.224. The maximum absolute atomic E-state index is 12.2. The predicted octanol–water partition coefficient (Wildman–Crippen LogP) is 1.44. The second-order valence-electron chi connectivity index (χ2n) is 4.67. The Balaban J connectivity index is 2.83. The van der Waals surface area contributed by atoms with Crippen LogP contribution in [0.5, 0.6) is 0 Å². The van der Waals surface area contributed by atoms with Crippen molar-refractivity contribution in [3.8, 4) is 6.07 Å². The Morgan fingerprint density at radius 1 is 1.22 bits per heavy atom. The van der Waals surface area contributed by atoms with Crippen molar-refractivity contribution in [1.29, 1.82) is 5.26 Å². The Bertz CT molecular complexity index is 621. The number of methoxy groups -OCH3 is 2. The van der Waals surface area contributed by atoms with Gasteiger partial charge in [0.25, 0.3) is 5.91 Å². The number of carbonyl (C=O) groups excluding carboxylic acids is 3. The summed E-state index contributed by atoms with van der Waals surface area (Å²) in [4.78, 5) is 35.4. The molecule has 1 atom stereocenters. The molecule has 0 unspecified atom stereocenters. The minimum atomic E-state index is -0.845. The van der Waals surface area contributed by atoms with E-state index in [4.69, 9.17) is 5.26 Å². The van der Waals surface area contributed by atoms with Crippen LogP contribution in [0.3, 0.4) is 0 Å². The molecule has 0 radical (unpaired) electrons. The van der Waals surface area contributed by atoms with Gasteiger partial charge in [0.15, 0.2) is 0 Å². The Morgan fingerprint density at radius 2 is 1.91 bits per heavy atom. The Hall–Kier alpha value is -2.88. The molecule has 0 aliphatic carbocycles. The van der Waals surface area contributed by atoms with Crippen LogP contribution in [0, 0.1) is 11.3 Å². The van der Waals surface area contributed by atoms with Crippen molar-refractivity contribution in [2.45, 2.75) is 25.3 Å². The molecule has 0 aliphatic heterocycles. The van der Waals surface area contributed by atoms with Crippen molar-refractivity contribution >= 4 is 17.8 Å². The number of nitriles is 1. The van der Waals surface area contributed by atoms with Gasteiger partial charge in [0.2, 0.25) is 0 Å². The predicted molar refractivity (Wildman–Crippen MR) is 80.5 cm³/mol. The van der Waals surface area contributed by atoms with Crippen molar-refractivity contribution < 1.29 is 23.9 Å². The van der Waals surface area contributed by atoms with Gasteiger partial charge < -0.3 is 14.8 Å². The van der Waals surface area contributed by atoms with E-state index in [1.165, 1.54) is 32.4 Å². The number of hydrogen-bond acceptors (Lipinski definition) is 6. The number of ether oxygens (including phenoxy) is 2. The zero-order valence-corrected chi connectivity index (χ0v) is 13.0. The first-order valence-corrected chi connectivity index (χ1v) is 6.97. The first-order chi connectivity index (χ1) is 11.0. The molecule has 7 heteroatoms. The molecule has 0 saturated carbocycles. The molecular formula is C16H18N2O5. The molecule has 0 spiro atoms. The molecule has 1 N–H and O–H groups in total. The van der Waals surface area contributed by atoms with Gasteiger partial charge in [-0.25, -0.2) is 9.59 Å². The molecule has 0 fully saturated rings. The molecular weight excluding hydrogens is 300 g/mol. The number of benzene rings is 1. The highest BCUT2D eigenvalue weighted by atomic mass is 16.5. The summed E-state index contributed by atoms with van der Waals surface area (Å²) in [5.41, 5.74) is 0.460. The maximum Gasteiger partial charge on any atom is 0.337 e. The van der Waals surface area contributed by atoms with Crippen LogP contribution in [-0.2, 0) is 14.3 Å². The SMILES string of the molecule is COC(=O)c1cccc(C(=O)N[C@@H](CCCC#N)C(=O)OC)c1. The molecule has 0 aromatic heterocycles. The van der Waals surface area contributed by atoms with E-state index in [1.54, 1.807) is 6.07 Å². The first kappa shape index (κ1) is 18.2. The lowest BCUT2D eigenvalue weighted by Gasteiger charge is -2.16. The number of hydrogen-bond donors (Lipinski definition) is 1. The molecule has 1 rings (SSSR count). The van der Waals surface area contributed by atoms with Gasteiger partial charge >= 0.3 is 11.9 Å². The zero-order chi connectivity index (χ0) is 17.2. The van der Waals surface area contributed by atoms with Crippen LogP contribution in [0.25, 0.3) is 0 Å². The van der Waals surface area contributed by atoms with Gasteiger partial charge in [-0.05, 0) is 31.0 Å². The summed E-state index contributed by atoms with van der Waals surface area (Å²) in [5.74, 6) is -1.65. The fraction of sp³-hybridized carbons (Fsp3) is 0.375. The second-order valence-corrected chi connectivity index (χ2v) is 4.67. The quantitative estimate of drug-likeness (QED) is 0.602. The van der Waals surface area contributed by atoms with E-state index in [-0.39, 0.29) is 17.5 Å². The molecule has 1 amide bonds. The molecule has 1 aromatic carbocycles. The number of amides is 1. The minimum Gasteiger partial charge on any atom is -0.467 e. The van der Waals surface area contributed by atoms with Crippen molar-refractivity contribution in [3.05, 3.63) is 35.4 Å². The van der Waals surface area contributed by atoms with E-state index in [0.717, 1.165) is 0 Å². The average molecular weight is 318 g/mol. The highest BCUT2D eigenvalue weighted by Gasteiger charge is 2.22. The summed E-state index contributed by atoms with van der Waals surface area (Å²) in [7, 11) is 2.47. The summed E-state index contributed by atoms with van der Waals surface area (Å²) in [5, 5.41) is 11.1. The summed E-state index contributed by atoms with van der Waals surface area (Å²) < 4.78 is 9.25. The number of nitrogens with zero attached hydrogens (tertiary/aromatic N) is 1. The van der Waals surface area contributed by atoms with Gasteiger partial charge in [0.1, 0.15) is 6.04 Å². The van der Waals surface area contributed by atoms with Gasteiger partial charge in [0, 0.05) is 12.0 Å². The number of unbranched alkanes of at least 4 members (excludes halogenated alkanes) is 1. The van der Waals surface area contributed by atoms with Gasteiger partial charge in [-0.2, -0.15) is 5.26 Å². The average Bonchev–Trinajstić information content (AvgIpc) is 2.59. The van der Waals surface area contributed by atoms with Crippen LogP contribution in [0.2, 0.25) is 0 Å². The van der Waals surface area contributed by atoms with Gasteiger partial charge in [-0.1, -0.05) is 6.07 Å². The van der Waals surface area contributed by atoms with Crippen molar-refractivity contribution in [1.82, 2.24) is 5.32 Å². The highest BCUT2D eigenvalue weighted by Crippen LogP contribution is 2.09. The molecule has 0 aliphatic rings. The summed E-state index contributed by atoms with van der Waals surface area (Å²) in [6.45, 7) is 0. The van der Waals surface area contributed by atoms with Crippen molar-refractivity contribution in [2.75, 3.05) is 14.2 Å². The normalized spacial score (nSPS) is 11.0. The van der Waals surface area contributed by atoms with E-state index in [2.05, 4.69) is 14.8 Å². The van der Waals surface area contributed by atoms with Gasteiger partial charge in [-0.15, -0.1) is 0 Å². The fourth-order valence-corrected chi connectivity index (χ4v) is 1.92. The van der Waals surface area contributed by atoms with Crippen LogP contribution < -0.4 is 5.32 Å². The number of rotatable bonds is 7. The Labute approximate surface area is 134 Å². The summed E-state index contributed by atoms with van der Waals surface area (Å²) >= 11 is 0. The van der Waals surface area contributed by atoms with Crippen LogP contribution in [0.15, 0.2) is 24.3 Å². The third-order valence-electron chi connectivity index (χ3n) is 3.12. The van der Waals surface area contributed by atoms with E-state index >= 15 is 0 Å². The van der Waals surface area contributed by atoms with E-state index < -0.39 is 23.9 Å². The summed E-state index contributed by atoms with van der Waals surface area (Å²) in [6, 6.07) is 7.10. The lowest BCUT2D eigenvalue weighted by Crippen LogP contribution is -2.41. The van der Waals surface area contributed by atoms with Crippen LogP contribution in [-0.4, -0.2) is 38.1 Å². The van der Waals surface area contributed by atoms with E-state index in [9.17, 15) is 14.4 Å². The summed E-state index contributed by atoms with van der Waals surface area (Å²) in [6.07, 6.45) is 1.03. The van der Waals surface area contributed by atoms with Gasteiger partial charge in [-0.3, -0.25) is 4.79 Å². The maximum atomic E-state index is 12.2. The third kappa shape index (κ3) is 5.43. The lowest BCUT2D eigenvalue weighted by molar-refractivity contribution is -0.143. The topological polar surface area (TPSA) is 105 Å². The van der Waals surface area contributed by atoms with Crippen molar-refractivity contribution in [3.63, 3.8) is 0 Å². The molecule has 122 valence electrons. The van der Waals surface area contributed by atoms with Gasteiger partial charge in [0.05, 0.1) is 25.9 Å². The molecule has 7 nitrogen and oxygen atoms in total. The standard InChI is InChI=1S/C16H18N2O5/c1-22-15(20)12-7-5-6-11(10-12)14(19)18-13(16(21)23-2)8-3-4-9-17/h5-7,10,13H,3-4,8H2,1-2H3,(H,18,19)/t13-/m0/s1. The van der Waals surface area contributed by atoms with Crippen molar-refractivity contribution in [2.24, 2.45) is 0 Å². The Kier molecular flexibility index (Phi) is 7.27. The van der Waals surface area contributed by atoms with E-state index in [1.807, 2.05) is 6.07 Å². The highest BCUT2D eigenvalue weighted by molar-refractivity contribution is 5.99. The van der Waals surface area contributed by atoms with Crippen LogP contribution in [0.4, 0.5) is 0 Å². The molecule has 0 saturated heterocycles. The van der Waals surface area contributed by atoms with Crippen LogP contribution >= 0.6 is 0 Å². The zero-order valence-electron chi connectivity index (χ0n) is 13.0. The number of esters is 2. The molecule has 1 aromatic rings. The number of carbonyl (C=O) groups is 3. The van der Waals surface area contributed by atoms with E-state index in [0.29, 0.717) is 12.8 Å². The first-order valence-electron chi connectivity index (χ1n) is 6.97. The molecule has 0 heterocycles.